The van der Waals surface area contributed by atoms with E-state index < -0.39 is 5.91 Å². The number of aliphatic hydroxyl groups is 1. The van der Waals surface area contributed by atoms with E-state index in [0.29, 0.717) is 17.3 Å². The van der Waals surface area contributed by atoms with Crippen molar-refractivity contribution in [3.63, 3.8) is 0 Å². The minimum Gasteiger partial charge on any atom is -0.425 e. The van der Waals surface area contributed by atoms with Crippen molar-refractivity contribution >= 4 is 11.7 Å². The molecule has 1 saturated heterocycles. The summed E-state index contributed by atoms with van der Waals surface area (Å²) in [5.74, 6) is -0.574. The Hall–Kier alpha value is -2.40. The average Bonchev–Trinajstić information content (AvgIpc) is 2.88. The second-order valence-corrected chi connectivity index (χ2v) is 5.18. The van der Waals surface area contributed by atoms with E-state index in [1.165, 1.54) is 6.20 Å². The van der Waals surface area contributed by atoms with Gasteiger partial charge in [0.05, 0.1) is 17.8 Å². The molecule has 110 valence electrons. The van der Waals surface area contributed by atoms with E-state index in [9.17, 15) is 5.11 Å². The molecular weight excluding hydrogens is 272 g/mol. The van der Waals surface area contributed by atoms with Gasteiger partial charge in [-0.05, 0) is 18.9 Å². The predicted octanol–water partition coefficient (Wildman–Crippen LogP) is 0.272. The Kier molecular flexibility index (Phi) is 3.35. The summed E-state index contributed by atoms with van der Waals surface area (Å²) in [6, 6.07) is 4.02. The largest absolute Gasteiger partial charge is 0.425 e. The van der Waals surface area contributed by atoms with E-state index in [2.05, 4.69) is 31.7 Å². The molecule has 8 nitrogen and oxygen atoms in total. The van der Waals surface area contributed by atoms with Gasteiger partial charge in [-0.1, -0.05) is 0 Å². The lowest BCUT2D eigenvalue weighted by Crippen LogP contribution is -2.39. The second-order valence-electron chi connectivity index (χ2n) is 5.18. The molecule has 1 aromatic rings. The summed E-state index contributed by atoms with van der Waals surface area (Å²) in [4.78, 5) is 2.05. The summed E-state index contributed by atoms with van der Waals surface area (Å²) >= 11 is 0. The van der Waals surface area contributed by atoms with Gasteiger partial charge in [-0.2, -0.15) is 10.4 Å². The Labute approximate surface area is 122 Å². The minimum absolute atomic E-state index is 0.109. The van der Waals surface area contributed by atoms with Crippen LogP contribution < -0.4 is 10.3 Å². The maximum atomic E-state index is 10.4. The number of anilines is 1. The van der Waals surface area contributed by atoms with Crippen molar-refractivity contribution in [2.24, 2.45) is 11.0 Å². The summed E-state index contributed by atoms with van der Waals surface area (Å²) in [5, 5.41) is 31.1. The van der Waals surface area contributed by atoms with Gasteiger partial charge < -0.3 is 14.7 Å². The van der Waals surface area contributed by atoms with E-state index in [0.717, 1.165) is 25.9 Å². The molecule has 2 N–H and O–H groups in total. The van der Waals surface area contributed by atoms with Crippen molar-refractivity contribution < 1.29 is 9.84 Å². The molecule has 0 amide bonds. The van der Waals surface area contributed by atoms with Crippen molar-refractivity contribution in [1.82, 2.24) is 15.6 Å². The summed E-state index contributed by atoms with van der Waals surface area (Å²) in [5.41, 5.74) is 2.98. The third-order valence-corrected chi connectivity index (χ3v) is 3.69. The van der Waals surface area contributed by atoms with Gasteiger partial charge in [-0.25, -0.2) is 5.43 Å². The number of aromatic nitrogens is 2. The SMILES string of the molecule is CC1=NNC(O)(c2cnnc(N3CCC(C#N)CC3)c2)O1. The van der Waals surface area contributed by atoms with E-state index >= 15 is 0 Å². The smallest absolute Gasteiger partial charge is 0.336 e. The van der Waals surface area contributed by atoms with Crippen LogP contribution in [0.4, 0.5) is 5.82 Å². The van der Waals surface area contributed by atoms with Crippen LogP contribution in [0, 0.1) is 17.2 Å². The van der Waals surface area contributed by atoms with Crippen LogP contribution >= 0.6 is 0 Å². The Morgan fingerprint density at radius 2 is 2.29 bits per heavy atom. The molecule has 21 heavy (non-hydrogen) atoms. The molecule has 3 heterocycles. The zero-order valence-corrected chi connectivity index (χ0v) is 11.7. The van der Waals surface area contributed by atoms with Gasteiger partial charge in [0.25, 0.3) is 0 Å². The van der Waals surface area contributed by atoms with Gasteiger partial charge in [0, 0.05) is 25.9 Å². The van der Waals surface area contributed by atoms with Crippen LogP contribution in [0.3, 0.4) is 0 Å². The molecule has 1 aromatic heterocycles. The van der Waals surface area contributed by atoms with E-state index in [4.69, 9.17) is 10.00 Å². The summed E-state index contributed by atoms with van der Waals surface area (Å²) in [6.45, 7) is 3.14. The van der Waals surface area contributed by atoms with Crippen molar-refractivity contribution in [2.45, 2.75) is 25.7 Å². The first-order valence-corrected chi connectivity index (χ1v) is 6.81. The van der Waals surface area contributed by atoms with Crippen molar-refractivity contribution in [3.05, 3.63) is 17.8 Å². The molecule has 1 unspecified atom stereocenters. The fourth-order valence-corrected chi connectivity index (χ4v) is 2.47. The Morgan fingerprint density at radius 1 is 1.52 bits per heavy atom. The highest BCUT2D eigenvalue weighted by molar-refractivity contribution is 5.74. The highest BCUT2D eigenvalue weighted by Gasteiger charge is 2.37. The Balaban J connectivity index is 1.77. The van der Waals surface area contributed by atoms with E-state index in [-0.39, 0.29) is 5.92 Å². The van der Waals surface area contributed by atoms with Gasteiger partial charge in [0.1, 0.15) is 0 Å². The molecule has 8 heteroatoms. The minimum atomic E-state index is -1.69. The van der Waals surface area contributed by atoms with Crippen molar-refractivity contribution in [2.75, 3.05) is 18.0 Å². The summed E-state index contributed by atoms with van der Waals surface area (Å²) in [7, 11) is 0. The average molecular weight is 288 g/mol. The first kappa shape index (κ1) is 13.6. The number of hydrogen-bond donors (Lipinski definition) is 2. The fraction of sp³-hybridized carbons (Fsp3) is 0.538. The predicted molar refractivity (Wildman–Crippen MR) is 73.8 cm³/mol. The highest BCUT2D eigenvalue weighted by atomic mass is 16.7. The number of hydrazone groups is 1. The monoisotopic (exact) mass is 288 g/mol. The maximum Gasteiger partial charge on any atom is 0.336 e. The van der Waals surface area contributed by atoms with E-state index in [1.54, 1.807) is 13.0 Å². The first-order chi connectivity index (χ1) is 10.1. The highest BCUT2D eigenvalue weighted by Crippen LogP contribution is 2.27. The number of nitriles is 1. The fourth-order valence-electron chi connectivity index (χ4n) is 2.47. The van der Waals surface area contributed by atoms with Crippen LogP contribution in [-0.4, -0.2) is 34.3 Å². The second kappa shape index (κ2) is 5.18. The molecule has 0 radical (unpaired) electrons. The molecular formula is C13H16N6O2. The van der Waals surface area contributed by atoms with Gasteiger partial charge in [0.15, 0.2) is 5.82 Å². The van der Waals surface area contributed by atoms with Crippen molar-refractivity contribution in [1.29, 1.82) is 5.26 Å². The number of nitrogens with zero attached hydrogens (tertiary/aromatic N) is 5. The number of ether oxygens (including phenoxy) is 1. The van der Waals surface area contributed by atoms with Crippen LogP contribution in [0.15, 0.2) is 17.4 Å². The Morgan fingerprint density at radius 3 is 2.90 bits per heavy atom. The zero-order chi connectivity index (χ0) is 14.9. The molecule has 0 aliphatic carbocycles. The summed E-state index contributed by atoms with van der Waals surface area (Å²) in [6.07, 6.45) is 3.06. The van der Waals surface area contributed by atoms with Crippen LogP contribution in [0.1, 0.15) is 25.3 Å². The molecule has 0 aromatic carbocycles. The van der Waals surface area contributed by atoms with Gasteiger partial charge in [-0.15, -0.1) is 10.2 Å². The maximum absolute atomic E-state index is 10.4. The van der Waals surface area contributed by atoms with Crippen LogP contribution in [0.25, 0.3) is 0 Å². The normalized spacial score (nSPS) is 25.8. The Bertz CT molecular complexity index is 605. The zero-order valence-electron chi connectivity index (χ0n) is 11.7. The molecule has 3 rings (SSSR count). The van der Waals surface area contributed by atoms with Gasteiger partial charge in [-0.3, -0.25) is 0 Å². The van der Waals surface area contributed by atoms with Crippen LogP contribution in [0.5, 0.6) is 0 Å². The standard InChI is InChI=1S/C13H16N6O2/c1-9-16-18-13(20,21-9)11-6-12(17-15-8-11)19-4-2-10(7-14)3-5-19/h6,8,10,18,20H,2-5H2,1H3. The first-order valence-electron chi connectivity index (χ1n) is 6.81. The molecule has 1 fully saturated rings. The van der Waals surface area contributed by atoms with Gasteiger partial charge in [0.2, 0.25) is 5.90 Å². The quantitative estimate of drug-likeness (QED) is 0.804. The lowest BCUT2D eigenvalue weighted by atomic mass is 9.98. The molecule has 0 spiro atoms. The van der Waals surface area contributed by atoms with Gasteiger partial charge >= 0.3 is 5.91 Å². The lowest BCUT2D eigenvalue weighted by Gasteiger charge is -2.30. The third kappa shape index (κ3) is 2.60. The number of hydrogen-bond acceptors (Lipinski definition) is 8. The molecule has 2 aliphatic rings. The van der Waals surface area contributed by atoms with Crippen molar-refractivity contribution in [3.8, 4) is 6.07 Å². The molecule has 0 saturated carbocycles. The van der Waals surface area contributed by atoms with Crippen LogP contribution in [-0.2, 0) is 10.6 Å². The molecule has 0 bridgehead atoms. The number of nitrogens with one attached hydrogen (secondary N) is 1. The number of piperidine rings is 1. The molecule has 1 atom stereocenters. The summed E-state index contributed by atoms with van der Waals surface area (Å²) < 4.78 is 5.28. The third-order valence-electron chi connectivity index (χ3n) is 3.69. The van der Waals surface area contributed by atoms with Crippen LogP contribution in [0.2, 0.25) is 0 Å². The topological polar surface area (TPSA) is 107 Å². The lowest BCUT2D eigenvalue weighted by molar-refractivity contribution is -0.165. The molecule has 2 aliphatic heterocycles. The van der Waals surface area contributed by atoms with E-state index in [1.807, 2.05) is 0 Å². The number of rotatable bonds is 2.